The molecular weight excluding hydrogens is 424 g/mol. The van der Waals surface area contributed by atoms with Crippen molar-refractivity contribution in [1.29, 1.82) is 0 Å². The standard InChI is InChI=1S/C22H23F2N3O3S/c1-3-4-13-27-20(29)17-7-5-6-8-18(17)26-22(27)31-14(2)19(28)25-15-9-11-16(12-10-15)30-21(23)24/h5-12,14,21H,3-4,13H2,1-2H3,(H,25,28). The Bertz CT molecular complexity index is 1100. The summed E-state index contributed by atoms with van der Waals surface area (Å²) in [5.41, 5.74) is 0.919. The Labute approximate surface area is 182 Å². The number of unbranched alkanes of at least 4 members (excludes halogenated alkanes) is 1. The molecule has 3 rings (SSSR count). The van der Waals surface area contributed by atoms with Gasteiger partial charge in [0.05, 0.1) is 16.2 Å². The third-order valence-electron chi connectivity index (χ3n) is 4.56. The first-order chi connectivity index (χ1) is 14.9. The van der Waals surface area contributed by atoms with E-state index in [2.05, 4.69) is 15.0 Å². The number of carbonyl (C=O) groups is 1. The smallest absolute Gasteiger partial charge is 0.387 e. The number of nitrogens with zero attached hydrogens (tertiary/aromatic N) is 2. The molecule has 6 nitrogen and oxygen atoms in total. The lowest BCUT2D eigenvalue weighted by atomic mass is 10.2. The number of thioether (sulfide) groups is 1. The number of hydrogen-bond donors (Lipinski definition) is 1. The summed E-state index contributed by atoms with van der Waals surface area (Å²) in [6.07, 6.45) is 1.74. The van der Waals surface area contributed by atoms with Gasteiger partial charge in [0.2, 0.25) is 5.91 Å². The highest BCUT2D eigenvalue weighted by Crippen LogP contribution is 2.25. The highest BCUT2D eigenvalue weighted by atomic mass is 32.2. The van der Waals surface area contributed by atoms with Gasteiger partial charge in [0.25, 0.3) is 5.56 Å². The van der Waals surface area contributed by atoms with Crippen molar-refractivity contribution in [3.05, 3.63) is 58.9 Å². The summed E-state index contributed by atoms with van der Waals surface area (Å²) in [5, 5.41) is 3.23. The van der Waals surface area contributed by atoms with Crippen molar-refractivity contribution in [2.45, 2.75) is 50.3 Å². The number of amides is 1. The summed E-state index contributed by atoms with van der Waals surface area (Å²) in [6.45, 7) is 1.38. The Morgan fingerprint density at radius 3 is 2.58 bits per heavy atom. The van der Waals surface area contributed by atoms with Crippen molar-refractivity contribution in [2.24, 2.45) is 0 Å². The molecule has 1 unspecified atom stereocenters. The van der Waals surface area contributed by atoms with E-state index in [0.29, 0.717) is 28.3 Å². The van der Waals surface area contributed by atoms with Crippen LogP contribution in [0.15, 0.2) is 58.5 Å². The molecule has 1 atom stereocenters. The molecule has 0 bridgehead atoms. The molecule has 0 radical (unpaired) electrons. The molecule has 0 saturated heterocycles. The summed E-state index contributed by atoms with van der Waals surface area (Å²) >= 11 is 1.20. The molecule has 3 aromatic rings. The number of anilines is 1. The van der Waals surface area contributed by atoms with Crippen LogP contribution in [0, 0.1) is 0 Å². The van der Waals surface area contributed by atoms with E-state index in [-0.39, 0.29) is 17.2 Å². The van der Waals surface area contributed by atoms with Crippen LogP contribution in [-0.2, 0) is 11.3 Å². The maximum atomic E-state index is 12.9. The average Bonchev–Trinajstić information content (AvgIpc) is 2.74. The lowest BCUT2D eigenvalue weighted by Gasteiger charge is -2.16. The lowest BCUT2D eigenvalue weighted by Crippen LogP contribution is -2.27. The molecule has 164 valence electrons. The van der Waals surface area contributed by atoms with E-state index in [1.54, 1.807) is 29.7 Å². The van der Waals surface area contributed by atoms with Crippen LogP contribution in [0.5, 0.6) is 5.75 Å². The summed E-state index contributed by atoms with van der Waals surface area (Å²) in [6, 6.07) is 12.8. The zero-order valence-corrected chi connectivity index (χ0v) is 18.0. The molecule has 31 heavy (non-hydrogen) atoms. The number of ether oxygens (including phenoxy) is 1. The van der Waals surface area contributed by atoms with Crippen LogP contribution in [0.1, 0.15) is 26.7 Å². The Morgan fingerprint density at radius 1 is 1.19 bits per heavy atom. The van der Waals surface area contributed by atoms with Gasteiger partial charge in [-0.2, -0.15) is 8.78 Å². The third kappa shape index (κ3) is 5.81. The molecule has 0 spiro atoms. The van der Waals surface area contributed by atoms with Crippen molar-refractivity contribution < 1.29 is 18.3 Å². The van der Waals surface area contributed by atoms with Crippen molar-refractivity contribution in [3.8, 4) is 5.75 Å². The minimum atomic E-state index is -2.91. The Morgan fingerprint density at radius 2 is 1.90 bits per heavy atom. The maximum Gasteiger partial charge on any atom is 0.387 e. The monoisotopic (exact) mass is 447 g/mol. The van der Waals surface area contributed by atoms with E-state index in [4.69, 9.17) is 0 Å². The topological polar surface area (TPSA) is 73.2 Å². The minimum absolute atomic E-state index is 0.00993. The highest BCUT2D eigenvalue weighted by molar-refractivity contribution is 8.00. The van der Waals surface area contributed by atoms with E-state index in [1.165, 1.54) is 36.0 Å². The van der Waals surface area contributed by atoms with Gasteiger partial charge >= 0.3 is 6.61 Å². The fourth-order valence-corrected chi connectivity index (χ4v) is 3.86. The fourth-order valence-electron chi connectivity index (χ4n) is 2.93. The predicted molar refractivity (Wildman–Crippen MR) is 118 cm³/mol. The first kappa shape index (κ1) is 22.7. The summed E-state index contributed by atoms with van der Waals surface area (Å²) in [4.78, 5) is 30.2. The van der Waals surface area contributed by atoms with E-state index in [0.717, 1.165) is 12.8 Å². The van der Waals surface area contributed by atoms with Crippen LogP contribution in [-0.4, -0.2) is 27.3 Å². The number of nitrogens with one attached hydrogen (secondary N) is 1. The molecule has 1 aromatic heterocycles. The molecule has 2 aromatic carbocycles. The lowest BCUT2D eigenvalue weighted by molar-refractivity contribution is -0.115. The zero-order valence-electron chi connectivity index (χ0n) is 17.2. The minimum Gasteiger partial charge on any atom is -0.435 e. The van der Waals surface area contributed by atoms with Crippen LogP contribution < -0.4 is 15.6 Å². The molecule has 1 amide bonds. The van der Waals surface area contributed by atoms with Crippen molar-refractivity contribution in [2.75, 3.05) is 5.32 Å². The number of para-hydroxylation sites is 1. The molecule has 0 saturated carbocycles. The van der Waals surface area contributed by atoms with Gasteiger partial charge in [-0.15, -0.1) is 0 Å². The third-order valence-corrected chi connectivity index (χ3v) is 5.65. The average molecular weight is 448 g/mol. The van der Waals surface area contributed by atoms with E-state index in [1.807, 2.05) is 13.0 Å². The quantitative estimate of drug-likeness (QED) is 0.372. The molecular formula is C22H23F2N3O3S. The zero-order chi connectivity index (χ0) is 22.4. The van der Waals surface area contributed by atoms with Gasteiger partial charge in [0.1, 0.15) is 5.75 Å². The van der Waals surface area contributed by atoms with E-state index < -0.39 is 11.9 Å². The first-order valence-electron chi connectivity index (χ1n) is 9.91. The Kier molecular flexibility index (Phi) is 7.62. The largest absolute Gasteiger partial charge is 0.435 e. The first-order valence-corrected chi connectivity index (χ1v) is 10.8. The predicted octanol–water partition coefficient (Wildman–Crippen LogP) is 4.92. The van der Waals surface area contributed by atoms with Gasteiger partial charge in [0.15, 0.2) is 5.16 Å². The number of alkyl halides is 2. The Hall–Kier alpha value is -2.94. The van der Waals surface area contributed by atoms with Crippen LogP contribution in [0.2, 0.25) is 0 Å². The van der Waals surface area contributed by atoms with Gasteiger partial charge in [-0.1, -0.05) is 37.2 Å². The fraction of sp³-hybridized carbons (Fsp3) is 0.318. The van der Waals surface area contributed by atoms with E-state index in [9.17, 15) is 18.4 Å². The molecule has 9 heteroatoms. The van der Waals surface area contributed by atoms with Crippen LogP contribution >= 0.6 is 11.8 Å². The second kappa shape index (κ2) is 10.4. The van der Waals surface area contributed by atoms with Gasteiger partial charge in [-0.3, -0.25) is 14.2 Å². The SMILES string of the molecule is CCCCn1c(SC(C)C(=O)Nc2ccc(OC(F)F)cc2)nc2ccccc2c1=O. The number of rotatable bonds is 9. The number of aromatic nitrogens is 2. The van der Waals surface area contributed by atoms with Crippen LogP contribution in [0.4, 0.5) is 14.5 Å². The normalized spacial score (nSPS) is 12.2. The summed E-state index contributed by atoms with van der Waals surface area (Å²) < 4.78 is 30.4. The molecule has 1 heterocycles. The van der Waals surface area contributed by atoms with Gasteiger partial charge in [-0.25, -0.2) is 4.98 Å². The van der Waals surface area contributed by atoms with Gasteiger partial charge < -0.3 is 10.1 Å². The number of hydrogen-bond acceptors (Lipinski definition) is 5. The van der Waals surface area contributed by atoms with Crippen molar-refractivity contribution in [3.63, 3.8) is 0 Å². The maximum absolute atomic E-state index is 12.9. The van der Waals surface area contributed by atoms with Crippen LogP contribution in [0.25, 0.3) is 10.9 Å². The van der Waals surface area contributed by atoms with Crippen molar-refractivity contribution >= 4 is 34.3 Å². The molecule has 0 aliphatic rings. The second-order valence-corrected chi connectivity index (χ2v) is 8.18. The highest BCUT2D eigenvalue weighted by Gasteiger charge is 2.19. The van der Waals surface area contributed by atoms with Gasteiger partial charge in [0, 0.05) is 12.2 Å². The van der Waals surface area contributed by atoms with Crippen molar-refractivity contribution in [1.82, 2.24) is 9.55 Å². The van der Waals surface area contributed by atoms with Gasteiger partial charge in [-0.05, 0) is 49.7 Å². The number of carbonyl (C=O) groups excluding carboxylic acids is 1. The molecule has 0 aliphatic carbocycles. The molecule has 1 N–H and O–H groups in total. The number of fused-ring (bicyclic) bond motifs is 1. The second-order valence-electron chi connectivity index (χ2n) is 6.87. The molecule has 0 aliphatic heterocycles. The van der Waals surface area contributed by atoms with Crippen LogP contribution in [0.3, 0.4) is 0 Å². The van der Waals surface area contributed by atoms with E-state index >= 15 is 0 Å². The Balaban J connectivity index is 1.77. The number of halogens is 2. The summed E-state index contributed by atoms with van der Waals surface area (Å²) in [7, 11) is 0. The summed E-state index contributed by atoms with van der Waals surface area (Å²) in [5.74, 6) is -0.285. The number of benzene rings is 2. The molecule has 0 fully saturated rings.